The highest BCUT2D eigenvalue weighted by molar-refractivity contribution is 14.1. The molecule has 4 rings (SSSR count). The molecular formula is C20H17IN8O2. The average molecular weight is 528 g/mol. The van der Waals surface area contributed by atoms with Crippen LogP contribution in [0.4, 0.5) is 5.95 Å². The molecule has 3 aromatic rings. The molecule has 10 nitrogen and oxygen atoms in total. The Labute approximate surface area is 191 Å². The highest BCUT2D eigenvalue weighted by atomic mass is 127. The van der Waals surface area contributed by atoms with E-state index in [1.165, 1.54) is 18.3 Å². The van der Waals surface area contributed by atoms with E-state index in [1.54, 1.807) is 18.5 Å². The molecule has 0 unspecified atom stereocenters. The lowest BCUT2D eigenvalue weighted by atomic mass is 10.1. The standard InChI is InChI=1S/C20H17IN8O2/c21-13-10-25-20(26-11-13)28-5-3-16(4-6-28)31-18-7-19(30)29(27-17(18)9-23)15-2-1-14(8-22)24-12-15/h1-2,7,9-12,16,23H,3-6H2. The number of hydrogen-bond donors (Lipinski definition) is 1. The van der Waals surface area contributed by atoms with Crippen LogP contribution in [0.5, 0.6) is 5.75 Å². The van der Waals surface area contributed by atoms with Gasteiger partial charge >= 0.3 is 0 Å². The van der Waals surface area contributed by atoms with Crippen molar-refractivity contribution < 1.29 is 4.74 Å². The Morgan fingerprint density at radius 3 is 2.55 bits per heavy atom. The molecule has 1 saturated heterocycles. The van der Waals surface area contributed by atoms with Crippen LogP contribution in [0.2, 0.25) is 0 Å². The van der Waals surface area contributed by atoms with Gasteiger partial charge in [0, 0.05) is 54.2 Å². The summed E-state index contributed by atoms with van der Waals surface area (Å²) in [4.78, 5) is 27.4. The average Bonchev–Trinajstić information content (AvgIpc) is 2.80. The van der Waals surface area contributed by atoms with E-state index in [-0.39, 0.29) is 23.2 Å². The number of halogens is 1. The first-order chi connectivity index (χ1) is 15.1. The summed E-state index contributed by atoms with van der Waals surface area (Å²) in [7, 11) is 0. The second-order valence-corrected chi connectivity index (χ2v) is 8.05. The zero-order valence-electron chi connectivity index (χ0n) is 16.3. The van der Waals surface area contributed by atoms with Crippen molar-refractivity contribution in [2.24, 2.45) is 0 Å². The fraction of sp³-hybridized carbons (Fsp3) is 0.250. The highest BCUT2D eigenvalue weighted by Gasteiger charge is 2.23. The number of ether oxygens (including phenoxy) is 1. The van der Waals surface area contributed by atoms with Crippen LogP contribution >= 0.6 is 22.6 Å². The van der Waals surface area contributed by atoms with Gasteiger partial charge in [0.05, 0.1) is 11.9 Å². The molecule has 0 atom stereocenters. The minimum absolute atomic E-state index is 0.104. The van der Waals surface area contributed by atoms with Crippen molar-refractivity contribution in [1.29, 1.82) is 10.7 Å². The monoisotopic (exact) mass is 528 g/mol. The van der Waals surface area contributed by atoms with Crippen LogP contribution in [0.3, 0.4) is 0 Å². The summed E-state index contributed by atoms with van der Waals surface area (Å²) < 4.78 is 8.16. The van der Waals surface area contributed by atoms with E-state index in [1.807, 2.05) is 6.07 Å². The summed E-state index contributed by atoms with van der Waals surface area (Å²) in [6, 6.07) is 6.34. The maximum Gasteiger partial charge on any atom is 0.275 e. The molecule has 4 heterocycles. The third kappa shape index (κ3) is 4.69. The molecule has 1 aliphatic heterocycles. The molecule has 1 aliphatic rings. The lowest BCUT2D eigenvalue weighted by Crippen LogP contribution is -2.39. The predicted octanol–water partition coefficient (Wildman–Crippen LogP) is 1.94. The maximum absolute atomic E-state index is 12.6. The Morgan fingerprint density at radius 2 is 1.94 bits per heavy atom. The van der Waals surface area contributed by atoms with Gasteiger partial charge in [-0.25, -0.2) is 15.0 Å². The van der Waals surface area contributed by atoms with Crippen molar-refractivity contribution in [2.45, 2.75) is 18.9 Å². The summed E-state index contributed by atoms with van der Waals surface area (Å²) in [5.41, 5.74) is 0.486. The molecule has 0 radical (unpaired) electrons. The number of aromatic nitrogens is 5. The van der Waals surface area contributed by atoms with E-state index in [2.05, 4.69) is 47.5 Å². The number of pyridine rings is 1. The quantitative estimate of drug-likeness (QED) is 0.393. The molecule has 0 saturated carbocycles. The Morgan fingerprint density at radius 1 is 1.19 bits per heavy atom. The largest absolute Gasteiger partial charge is 0.488 e. The van der Waals surface area contributed by atoms with E-state index in [0.29, 0.717) is 11.6 Å². The molecule has 0 aromatic carbocycles. The molecule has 11 heteroatoms. The van der Waals surface area contributed by atoms with Gasteiger partial charge in [-0.05, 0) is 34.7 Å². The maximum atomic E-state index is 12.6. The van der Waals surface area contributed by atoms with Gasteiger partial charge < -0.3 is 15.0 Å². The Balaban J connectivity index is 1.48. The van der Waals surface area contributed by atoms with Crippen molar-refractivity contribution >= 4 is 34.8 Å². The third-order valence-corrected chi connectivity index (χ3v) is 5.35. The third-order valence-electron chi connectivity index (χ3n) is 4.79. The van der Waals surface area contributed by atoms with Gasteiger partial charge in [0.2, 0.25) is 5.95 Å². The van der Waals surface area contributed by atoms with Gasteiger partial charge in [-0.3, -0.25) is 4.79 Å². The van der Waals surface area contributed by atoms with Crippen molar-refractivity contribution in [3.05, 3.63) is 62.1 Å². The van der Waals surface area contributed by atoms with Crippen molar-refractivity contribution in [1.82, 2.24) is 24.7 Å². The molecule has 1 N–H and O–H groups in total. The normalized spacial score (nSPS) is 14.1. The molecule has 156 valence electrons. The molecule has 0 spiro atoms. The van der Waals surface area contributed by atoms with Crippen LogP contribution in [-0.2, 0) is 0 Å². The van der Waals surface area contributed by atoms with Crippen LogP contribution in [-0.4, -0.2) is 50.1 Å². The van der Waals surface area contributed by atoms with Crippen molar-refractivity contribution in [3.8, 4) is 17.5 Å². The molecule has 0 bridgehead atoms. The first-order valence-electron chi connectivity index (χ1n) is 9.48. The number of rotatable bonds is 5. The highest BCUT2D eigenvalue weighted by Crippen LogP contribution is 2.22. The molecule has 1 fully saturated rings. The summed E-state index contributed by atoms with van der Waals surface area (Å²) in [6.45, 7) is 1.46. The van der Waals surface area contributed by atoms with E-state index in [0.717, 1.165) is 40.4 Å². The first-order valence-corrected chi connectivity index (χ1v) is 10.6. The zero-order chi connectivity index (χ0) is 21.8. The van der Waals surface area contributed by atoms with Gasteiger partial charge in [0.15, 0.2) is 5.75 Å². The molecular weight excluding hydrogens is 511 g/mol. The number of hydrogen-bond acceptors (Lipinski definition) is 9. The number of nitrogens with one attached hydrogen (secondary N) is 1. The number of nitrogens with zero attached hydrogens (tertiary/aromatic N) is 7. The minimum Gasteiger partial charge on any atom is -0.488 e. The van der Waals surface area contributed by atoms with E-state index < -0.39 is 5.56 Å². The van der Waals surface area contributed by atoms with E-state index in [9.17, 15) is 4.79 Å². The molecule has 0 amide bonds. The van der Waals surface area contributed by atoms with Crippen molar-refractivity contribution in [2.75, 3.05) is 18.0 Å². The summed E-state index contributed by atoms with van der Waals surface area (Å²) in [5, 5.41) is 20.8. The van der Waals surface area contributed by atoms with Gasteiger partial charge in [-0.1, -0.05) is 0 Å². The van der Waals surface area contributed by atoms with Crippen LogP contribution in [0, 0.1) is 20.3 Å². The van der Waals surface area contributed by atoms with Gasteiger partial charge in [0.25, 0.3) is 5.56 Å². The van der Waals surface area contributed by atoms with Gasteiger partial charge in [-0.15, -0.1) is 0 Å². The fourth-order valence-electron chi connectivity index (χ4n) is 3.23. The van der Waals surface area contributed by atoms with Crippen molar-refractivity contribution in [3.63, 3.8) is 0 Å². The molecule has 31 heavy (non-hydrogen) atoms. The fourth-order valence-corrected chi connectivity index (χ4v) is 3.51. The first kappa shape index (κ1) is 20.9. The Hall–Kier alpha value is -3.40. The molecule has 3 aromatic heterocycles. The minimum atomic E-state index is -0.406. The summed E-state index contributed by atoms with van der Waals surface area (Å²) in [5.74, 6) is 0.973. The summed E-state index contributed by atoms with van der Waals surface area (Å²) >= 11 is 2.17. The number of anilines is 1. The SMILES string of the molecule is N#Cc1ccc(-n2nc(C=N)c(OC3CCN(c4ncc(I)cn4)CC3)cc2=O)cn1. The lowest BCUT2D eigenvalue weighted by Gasteiger charge is -2.32. The van der Waals surface area contributed by atoms with Crippen LogP contribution < -0.4 is 15.2 Å². The van der Waals surface area contributed by atoms with E-state index in [4.69, 9.17) is 15.4 Å². The predicted molar refractivity (Wildman–Crippen MR) is 121 cm³/mol. The number of nitriles is 1. The smallest absolute Gasteiger partial charge is 0.275 e. The topological polar surface area (TPSA) is 134 Å². The zero-order valence-corrected chi connectivity index (χ0v) is 18.4. The van der Waals surface area contributed by atoms with Crippen LogP contribution in [0.1, 0.15) is 24.2 Å². The Bertz CT molecular complexity index is 1180. The van der Waals surface area contributed by atoms with E-state index >= 15 is 0 Å². The van der Waals surface area contributed by atoms with Gasteiger partial charge in [-0.2, -0.15) is 15.0 Å². The molecule has 0 aliphatic carbocycles. The second-order valence-electron chi connectivity index (χ2n) is 6.81. The Kier molecular flexibility index (Phi) is 6.17. The van der Waals surface area contributed by atoms with Crippen LogP contribution in [0.25, 0.3) is 5.69 Å². The number of piperidine rings is 1. The van der Waals surface area contributed by atoms with Crippen LogP contribution in [0.15, 0.2) is 41.6 Å². The summed E-state index contributed by atoms with van der Waals surface area (Å²) in [6.07, 6.45) is 7.37. The lowest BCUT2D eigenvalue weighted by molar-refractivity contribution is 0.169. The van der Waals surface area contributed by atoms with Gasteiger partial charge in [0.1, 0.15) is 23.6 Å². The second kappa shape index (κ2) is 9.17.